The number of benzene rings is 1. The summed E-state index contributed by atoms with van der Waals surface area (Å²) in [6, 6.07) is 1.62. The first-order valence-electron chi connectivity index (χ1n) is 7.92. The van der Waals surface area contributed by atoms with Crippen LogP contribution >= 0.6 is 12.4 Å². The molecule has 1 aliphatic heterocycles. The van der Waals surface area contributed by atoms with Crippen LogP contribution in [-0.2, 0) is 15.6 Å². The maximum atomic E-state index is 14.3. The van der Waals surface area contributed by atoms with Crippen LogP contribution in [0.1, 0.15) is 64.3 Å². The summed E-state index contributed by atoms with van der Waals surface area (Å²) in [6.07, 6.45) is -0.867. The highest BCUT2D eigenvalue weighted by Gasteiger charge is 2.47. The summed E-state index contributed by atoms with van der Waals surface area (Å²) in [5.74, 6) is -3.12. The Morgan fingerprint density at radius 2 is 1.56 bits per heavy atom. The Morgan fingerprint density at radius 1 is 1.12 bits per heavy atom. The SMILES string of the molecule is CC(C)(C)c1cc([C@H]2NC(=O)OCC2(F)F)cc(C(C)(C)C)c1O.Cl. The molecular weight excluding hydrogens is 352 g/mol. The van der Waals surface area contributed by atoms with Gasteiger partial charge < -0.3 is 15.2 Å². The van der Waals surface area contributed by atoms with E-state index >= 15 is 0 Å². The second-order valence-electron chi connectivity index (χ2n) is 8.38. The largest absolute Gasteiger partial charge is 0.507 e. The van der Waals surface area contributed by atoms with Gasteiger partial charge in [0, 0.05) is 0 Å². The van der Waals surface area contributed by atoms with Gasteiger partial charge in [0.15, 0.2) is 6.61 Å². The number of rotatable bonds is 1. The second kappa shape index (κ2) is 6.63. The minimum Gasteiger partial charge on any atom is -0.507 e. The van der Waals surface area contributed by atoms with Crippen molar-refractivity contribution >= 4 is 18.5 Å². The monoisotopic (exact) mass is 377 g/mol. The van der Waals surface area contributed by atoms with Crippen LogP contribution in [0.25, 0.3) is 0 Å². The van der Waals surface area contributed by atoms with E-state index in [9.17, 15) is 18.7 Å². The molecule has 0 spiro atoms. The number of carbonyl (C=O) groups excluding carboxylic acids is 1. The first kappa shape index (κ1) is 21.5. The van der Waals surface area contributed by atoms with E-state index in [0.717, 1.165) is 0 Å². The predicted molar refractivity (Wildman–Crippen MR) is 94.9 cm³/mol. The van der Waals surface area contributed by atoms with Crippen LogP contribution in [0.15, 0.2) is 12.1 Å². The highest BCUT2D eigenvalue weighted by molar-refractivity contribution is 5.85. The molecule has 0 unspecified atom stereocenters. The van der Waals surface area contributed by atoms with Gasteiger partial charge in [-0.1, -0.05) is 41.5 Å². The van der Waals surface area contributed by atoms with Crippen LogP contribution in [0, 0.1) is 0 Å². The fourth-order valence-corrected chi connectivity index (χ4v) is 2.80. The lowest BCUT2D eigenvalue weighted by molar-refractivity contribution is -0.104. The van der Waals surface area contributed by atoms with Gasteiger partial charge >= 0.3 is 12.0 Å². The summed E-state index contributed by atoms with van der Waals surface area (Å²) in [5.41, 5.74) is 0.530. The Kier molecular flexibility index (Phi) is 5.70. The van der Waals surface area contributed by atoms with E-state index in [1.807, 2.05) is 41.5 Å². The van der Waals surface area contributed by atoms with Gasteiger partial charge in [-0.15, -0.1) is 12.4 Å². The highest BCUT2D eigenvalue weighted by Crippen LogP contribution is 2.43. The summed E-state index contributed by atoms with van der Waals surface area (Å²) in [4.78, 5) is 11.4. The number of phenols is 1. The molecule has 0 radical (unpaired) electrons. The molecule has 1 aromatic carbocycles. The quantitative estimate of drug-likeness (QED) is 0.737. The van der Waals surface area contributed by atoms with Gasteiger partial charge in [0.05, 0.1) is 0 Å². The van der Waals surface area contributed by atoms with Gasteiger partial charge in [-0.05, 0) is 39.7 Å². The minimum atomic E-state index is -3.23. The third-order valence-corrected chi connectivity index (χ3v) is 4.16. The lowest BCUT2D eigenvalue weighted by atomic mass is 9.77. The van der Waals surface area contributed by atoms with Crippen LogP contribution < -0.4 is 5.32 Å². The molecule has 7 heteroatoms. The molecule has 4 nitrogen and oxygen atoms in total. The van der Waals surface area contributed by atoms with E-state index < -0.39 is 35.5 Å². The first-order valence-corrected chi connectivity index (χ1v) is 7.92. The standard InChI is InChI=1S/C18H25F2NO3.ClH/c1-16(2,3)11-7-10(8-12(13(11)22)17(4,5)6)14-18(19,20)9-24-15(23)21-14;/h7-8,14,22H,9H2,1-6H3,(H,21,23);1H/t14-;/m1./s1. The predicted octanol–water partition coefficient (Wildman–Crippen LogP) is 4.83. The van der Waals surface area contributed by atoms with E-state index in [1.165, 1.54) is 0 Å². The number of cyclic esters (lactones) is 1. The molecule has 2 N–H and O–H groups in total. The summed E-state index contributed by atoms with van der Waals surface area (Å²) in [7, 11) is 0. The zero-order valence-electron chi connectivity index (χ0n) is 15.4. The lowest BCUT2D eigenvalue weighted by Crippen LogP contribution is -2.49. The number of phenolic OH excluding ortho intramolecular Hbond substituents is 1. The summed E-state index contributed by atoms with van der Waals surface area (Å²) in [5, 5.41) is 12.9. The Balaban J connectivity index is 0.00000312. The van der Waals surface area contributed by atoms with Crippen molar-refractivity contribution in [1.82, 2.24) is 5.32 Å². The van der Waals surface area contributed by atoms with Crippen molar-refractivity contribution in [3.63, 3.8) is 0 Å². The molecule has 0 aliphatic carbocycles. The van der Waals surface area contributed by atoms with Crippen molar-refractivity contribution in [2.45, 2.75) is 64.3 Å². The van der Waals surface area contributed by atoms with Crippen LogP contribution in [0.4, 0.5) is 13.6 Å². The lowest BCUT2D eigenvalue weighted by Gasteiger charge is -2.34. The van der Waals surface area contributed by atoms with Crippen molar-refractivity contribution in [1.29, 1.82) is 0 Å². The van der Waals surface area contributed by atoms with Crippen LogP contribution in [0.5, 0.6) is 5.75 Å². The molecule has 1 atom stereocenters. The molecule has 1 saturated heterocycles. The number of alkyl halides is 2. The molecule has 1 amide bonds. The van der Waals surface area contributed by atoms with E-state index in [4.69, 9.17) is 0 Å². The van der Waals surface area contributed by atoms with Gasteiger partial charge in [0.25, 0.3) is 0 Å². The van der Waals surface area contributed by atoms with Crippen molar-refractivity contribution in [2.75, 3.05) is 6.61 Å². The highest BCUT2D eigenvalue weighted by atomic mass is 35.5. The van der Waals surface area contributed by atoms with Gasteiger partial charge in [0.1, 0.15) is 11.8 Å². The maximum Gasteiger partial charge on any atom is 0.408 e. The third-order valence-electron chi connectivity index (χ3n) is 4.16. The van der Waals surface area contributed by atoms with Gasteiger partial charge in [-0.2, -0.15) is 0 Å². The van der Waals surface area contributed by atoms with Crippen molar-refractivity contribution < 1.29 is 23.4 Å². The minimum absolute atomic E-state index is 0. The molecule has 1 heterocycles. The Hall–Kier alpha value is -1.56. The molecular formula is C18H26ClF2NO3. The van der Waals surface area contributed by atoms with Gasteiger partial charge in [-0.3, -0.25) is 0 Å². The average molecular weight is 378 g/mol. The Labute approximate surface area is 153 Å². The van der Waals surface area contributed by atoms with E-state index in [1.54, 1.807) is 12.1 Å². The van der Waals surface area contributed by atoms with Crippen LogP contribution in [0.2, 0.25) is 0 Å². The molecule has 1 aromatic rings. The molecule has 1 aliphatic rings. The summed E-state index contributed by atoms with van der Waals surface area (Å²) >= 11 is 0. The van der Waals surface area contributed by atoms with Crippen molar-refractivity contribution in [3.8, 4) is 5.75 Å². The molecule has 0 saturated carbocycles. The molecule has 2 rings (SSSR count). The number of halogens is 3. The molecule has 0 aromatic heterocycles. The number of aromatic hydroxyl groups is 1. The number of hydrogen-bond acceptors (Lipinski definition) is 3. The Morgan fingerprint density at radius 3 is 1.96 bits per heavy atom. The second-order valence-corrected chi connectivity index (χ2v) is 8.38. The molecule has 25 heavy (non-hydrogen) atoms. The fourth-order valence-electron chi connectivity index (χ4n) is 2.80. The number of nitrogens with one attached hydrogen (secondary N) is 1. The first-order chi connectivity index (χ1) is 10.7. The number of carbonyl (C=O) groups is 1. The zero-order chi connectivity index (χ0) is 18.5. The third kappa shape index (κ3) is 4.35. The molecule has 0 bridgehead atoms. The maximum absolute atomic E-state index is 14.3. The van der Waals surface area contributed by atoms with E-state index in [2.05, 4.69) is 10.1 Å². The number of alkyl carbamates (subject to hydrolysis) is 1. The topological polar surface area (TPSA) is 58.6 Å². The number of amides is 1. The Bertz CT molecular complexity index is 628. The zero-order valence-corrected chi connectivity index (χ0v) is 16.2. The summed E-state index contributed by atoms with van der Waals surface area (Å²) < 4.78 is 33.0. The number of hydrogen-bond donors (Lipinski definition) is 2. The average Bonchev–Trinajstić information content (AvgIpc) is 2.39. The summed E-state index contributed by atoms with van der Waals surface area (Å²) in [6.45, 7) is 10.5. The molecule has 1 fully saturated rings. The van der Waals surface area contributed by atoms with E-state index in [0.29, 0.717) is 11.1 Å². The normalized spacial score (nSPS) is 20.3. The van der Waals surface area contributed by atoms with Crippen LogP contribution in [-0.4, -0.2) is 23.7 Å². The van der Waals surface area contributed by atoms with Crippen molar-refractivity contribution in [2.24, 2.45) is 0 Å². The van der Waals surface area contributed by atoms with Crippen LogP contribution in [0.3, 0.4) is 0 Å². The molecule has 142 valence electrons. The smallest absolute Gasteiger partial charge is 0.408 e. The van der Waals surface area contributed by atoms with Gasteiger partial charge in [-0.25, -0.2) is 13.6 Å². The van der Waals surface area contributed by atoms with E-state index in [-0.39, 0.29) is 23.7 Å². The fraction of sp³-hybridized carbons (Fsp3) is 0.611. The van der Waals surface area contributed by atoms with Gasteiger partial charge in [0.2, 0.25) is 0 Å². The van der Waals surface area contributed by atoms with Crippen molar-refractivity contribution in [3.05, 3.63) is 28.8 Å². The number of ether oxygens (including phenoxy) is 1.